The maximum atomic E-state index is 12.5. The number of amides is 1. The molecule has 0 saturated carbocycles. The Kier molecular flexibility index (Phi) is 3.96. The van der Waals surface area contributed by atoms with Crippen molar-refractivity contribution in [1.29, 1.82) is 0 Å². The first-order chi connectivity index (χ1) is 10.8. The minimum absolute atomic E-state index is 0.189. The molecule has 22 heavy (non-hydrogen) atoms. The number of aromatic amines is 1. The van der Waals surface area contributed by atoms with Gasteiger partial charge < -0.3 is 9.84 Å². The fraction of sp³-hybridized carbons (Fsp3) is 0.118. The summed E-state index contributed by atoms with van der Waals surface area (Å²) in [4.78, 5) is 15.4. The number of nitrogens with one attached hydrogen (secondary N) is 2. The van der Waals surface area contributed by atoms with Gasteiger partial charge in [-0.15, -0.1) is 0 Å². The van der Waals surface area contributed by atoms with E-state index in [1.165, 1.54) is 0 Å². The van der Waals surface area contributed by atoms with Gasteiger partial charge in [-0.3, -0.25) is 4.79 Å². The van der Waals surface area contributed by atoms with Crippen molar-refractivity contribution in [1.82, 2.24) is 10.5 Å². The average molecular weight is 294 g/mol. The lowest BCUT2D eigenvalue weighted by molar-refractivity contribution is -0.378. The van der Waals surface area contributed by atoms with Crippen LogP contribution >= 0.6 is 0 Å². The second kappa shape index (κ2) is 6.22. The van der Waals surface area contributed by atoms with Crippen LogP contribution in [0.25, 0.3) is 11.3 Å². The number of carbonyl (C=O) groups excluding carboxylic acids is 1. The Morgan fingerprint density at radius 3 is 2.64 bits per heavy atom. The number of carbonyl (C=O) groups is 1. The SMILES string of the molecule is Cc1onc(-c2ccccc2)c1C(=O)NCc1cc[nH+]cc1. The van der Waals surface area contributed by atoms with Crippen molar-refractivity contribution < 1.29 is 14.3 Å². The lowest BCUT2D eigenvalue weighted by Crippen LogP contribution is -2.24. The predicted molar refractivity (Wildman–Crippen MR) is 80.8 cm³/mol. The molecule has 5 nitrogen and oxygen atoms in total. The fourth-order valence-electron chi connectivity index (χ4n) is 2.24. The third kappa shape index (κ3) is 2.88. The molecule has 0 aliphatic carbocycles. The summed E-state index contributed by atoms with van der Waals surface area (Å²) in [5, 5.41) is 6.92. The summed E-state index contributed by atoms with van der Waals surface area (Å²) in [6.45, 7) is 2.19. The first-order valence-corrected chi connectivity index (χ1v) is 7.00. The molecule has 0 saturated heterocycles. The zero-order valence-electron chi connectivity index (χ0n) is 12.2. The molecule has 0 atom stereocenters. The summed E-state index contributed by atoms with van der Waals surface area (Å²) in [6.07, 6.45) is 3.64. The number of rotatable bonds is 4. The zero-order chi connectivity index (χ0) is 15.4. The summed E-state index contributed by atoms with van der Waals surface area (Å²) >= 11 is 0. The highest BCUT2D eigenvalue weighted by molar-refractivity contribution is 6.00. The zero-order valence-corrected chi connectivity index (χ0v) is 12.2. The van der Waals surface area contributed by atoms with Crippen LogP contribution in [0.15, 0.2) is 59.4 Å². The summed E-state index contributed by atoms with van der Waals surface area (Å²) in [5.41, 5.74) is 2.92. The van der Waals surface area contributed by atoms with E-state index in [-0.39, 0.29) is 5.91 Å². The Morgan fingerprint density at radius 1 is 1.18 bits per heavy atom. The van der Waals surface area contributed by atoms with Crippen LogP contribution in [0.5, 0.6) is 0 Å². The van der Waals surface area contributed by atoms with Crippen LogP contribution in [0.4, 0.5) is 0 Å². The maximum Gasteiger partial charge on any atom is 0.257 e. The standard InChI is InChI=1S/C17H15N3O2/c1-12-15(16(20-22-12)14-5-3-2-4-6-14)17(21)19-11-13-7-9-18-10-8-13/h2-10H,11H2,1H3,(H,19,21)/p+1. The number of aryl methyl sites for hydroxylation is 1. The quantitative estimate of drug-likeness (QED) is 0.803. The topological polar surface area (TPSA) is 69.3 Å². The molecule has 2 N–H and O–H groups in total. The van der Waals surface area contributed by atoms with Crippen molar-refractivity contribution >= 4 is 5.91 Å². The molecule has 0 radical (unpaired) electrons. The number of hydrogen-bond donors (Lipinski definition) is 1. The van der Waals surface area contributed by atoms with Gasteiger partial charge in [0.05, 0.1) is 0 Å². The van der Waals surface area contributed by atoms with Gasteiger partial charge in [-0.1, -0.05) is 35.5 Å². The molecule has 5 heteroatoms. The number of nitrogens with zero attached hydrogens (tertiary/aromatic N) is 1. The van der Waals surface area contributed by atoms with Gasteiger partial charge in [0.2, 0.25) is 0 Å². The van der Waals surface area contributed by atoms with Gasteiger partial charge in [0.25, 0.3) is 5.91 Å². The Morgan fingerprint density at radius 2 is 1.91 bits per heavy atom. The Hall–Kier alpha value is -2.95. The number of hydrogen-bond acceptors (Lipinski definition) is 3. The molecule has 0 unspecified atom stereocenters. The second-order valence-corrected chi connectivity index (χ2v) is 4.92. The van der Waals surface area contributed by atoms with E-state index in [9.17, 15) is 4.79 Å². The van der Waals surface area contributed by atoms with Gasteiger partial charge >= 0.3 is 0 Å². The van der Waals surface area contributed by atoms with Crippen LogP contribution in [-0.4, -0.2) is 11.1 Å². The van der Waals surface area contributed by atoms with Crippen LogP contribution in [0, 0.1) is 6.92 Å². The highest BCUT2D eigenvalue weighted by Gasteiger charge is 2.21. The summed E-state index contributed by atoms with van der Waals surface area (Å²) in [6, 6.07) is 13.4. The smallest absolute Gasteiger partial charge is 0.257 e. The van der Waals surface area contributed by atoms with E-state index in [0.29, 0.717) is 23.6 Å². The summed E-state index contributed by atoms with van der Waals surface area (Å²) in [7, 11) is 0. The third-order valence-corrected chi connectivity index (χ3v) is 3.38. The van der Waals surface area contributed by atoms with Crippen molar-refractivity contribution in [3.63, 3.8) is 0 Å². The molecule has 0 fully saturated rings. The van der Waals surface area contributed by atoms with E-state index < -0.39 is 0 Å². The monoisotopic (exact) mass is 294 g/mol. The van der Waals surface area contributed by atoms with E-state index in [1.54, 1.807) is 6.92 Å². The molecule has 1 aromatic carbocycles. The third-order valence-electron chi connectivity index (χ3n) is 3.38. The molecule has 2 aromatic heterocycles. The van der Waals surface area contributed by atoms with Crippen LogP contribution in [0.3, 0.4) is 0 Å². The molecular weight excluding hydrogens is 278 g/mol. The molecule has 0 aliphatic rings. The first-order valence-electron chi connectivity index (χ1n) is 7.00. The summed E-state index contributed by atoms with van der Waals surface area (Å²) < 4.78 is 5.21. The van der Waals surface area contributed by atoms with Gasteiger partial charge in [-0.25, -0.2) is 4.98 Å². The molecule has 0 spiro atoms. The lowest BCUT2D eigenvalue weighted by atomic mass is 10.1. The van der Waals surface area contributed by atoms with Crippen molar-refractivity contribution in [3.8, 4) is 11.3 Å². The van der Waals surface area contributed by atoms with Gasteiger partial charge in [0.1, 0.15) is 17.0 Å². The molecule has 0 aliphatic heterocycles. The van der Waals surface area contributed by atoms with E-state index >= 15 is 0 Å². The number of pyridine rings is 1. The van der Waals surface area contributed by atoms with Crippen molar-refractivity contribution in [2.45, 2.75) is 13.5 Å². The molecule has 110 valence electrons. The van der Waals surface area contributed by atoms with Gasteiger partial charge in [-0.2, -0.15) is 0 Å². The van der Waals surface area contributed by atoms with Gasteiger partial charge in [-0.05, 0) is 12.5 Å². The number of benzene rings is 1. The predicted octanol–water partition coefficient (Wildman–Crippen LogP) is 2.39. The minimum atomic E-state index is -0.189. The van der Waals surface area contributed by atoms with Crippen molar-refractivity contribution in [3.05, 3.63) is 71.7 Å². The number of H-pyrrole nitrogens is 1. The molecule has 3 aromatic rings. The number of aromatic nitrogens is 2. The van der Waals surface area contributed by atoms with Gasteiger partial charge in [0.15, 0.2) is 12.4 Å². The van der Waals surface area contributed by atoms with Crippen LogP contribution in [0.1, 0.15) is 21.7 Å². The van der Waals surface area contributed by atoms with E-state index in [2.05, 4.69) is 15.5 Å². The molecule has 1 amide bonds. The lowest BCUT2D eigenvalue weighted by Gasteiger charge is -2.05. The highest BCUT2D eigenvalue weighted by atomic mass is 16.5. The van der Waals surface area contributed by atoms with Crippen molar-refractivity contribution in [2.75, 3.05) is 0 Å². The first kappa shape index (κ1) is 14.0. The Balaban J connectivity index is 1.82. The van der Waals surface area contributed by atoms with E-state index in [1.807, 2.05) is 54.9 Å². The fourth-order valence-corrected chi connectivity index (χ4v) is 2.24. The molecule has 2 heterocycles. The van der Waals surface area contributed by atoms with E-state index in [0.717, 1.165) is 11.1 Å². The molecule has 0 bridgehead atoms. The molecular formula is C17H16N3O2+. The van der Waals surface area contributed by atoms with Gasteiger partial charge in [0, 0.05) is 24.2 Å². The highest BCUT2D eigenvalue weighted by Crippen LogP contribution is 2.24. The maximum absolute atomic E-state index is 12.5. The van der Waals surface area contributed by atoms with E-state index in [4.69, 9.17) is 4.52 Å². The minimum Gasteiger partial charge on any atom is -0.360 e. The Labute approximate surface area is 128 Å². The summed E-state index contributed by atoms with van der Waals surface area (Å²) in [5.74, 6) is 0.322. The molecule has 3 rings (SSSR count). The van der Waals surface area contributed by atoms with Crippen LogP contribution in [0.2, 0.25) is 0 Å². The average Bonchev–Trinajstić information content (AvgIpc) is 2.96. The Bertz CT molecular complexity index is 767. The second-order valence-electron chi connectivity index (χ2n) is 4.92. The van der Waals surface area contributed by atoms with Crippen molar-refractivity contribution in [2.24, 2.45) is 0 Å². The van der Waals surface area contributed by atoms with Crippen LogP contribution in [-0.2, 0) is 6.54 Å². The largest absolute Gasteiger partial charge is 0.360 e. The normalized spacial score (nSPS) is 10.4. The van der Waals surface area contributed by atoms with Crippen LogP contribution < -0.4 is 10.3 Å².